The van der Waals surface area contributed by atoms with Crippen LogP contribution in [0.2, 0.25) is 0 Å². The molecule has 0 aliphatic heterocycles. The van der Waals surface area contributed by atoms with Crippen LogP contribution in [0.1, 0.15) is 25.7 Å². The average molecular weight is 288 g/mol. The Balaban J connectivity index is 3.11. The molecule has 0 heterocycles. The van der Waals surface area contributed by atoms with Crippen LogP contribution in [0.15, 0.2) is 9.98 Å². The van der Waals surface area contributed by atoms with Gasteiger partial charge in [-0.3, -0.25) is 9.98 Å². The van der Waals surface area contributed by atoms with Gasteiger partial charge in [0.05, 0.1) is 52.7 Å². The zero-order chi connectivity index (χ0) is 14.7. The van der Waals surface area contributed by atoms with Crippen LogP contribution in [0.4, 0.5) is 0 Å². The van der Waals surface area contributed by atoms with Crippen molar-refractivity contribution in [2.45, 2.75) is 25.7 Å². The minimum Gasteiger partial charge on any atom is -0.394 e. The smallest absolute Gasteiger partial charge is 0.0698 e. The molecule has 6 nitrogen and oxygen atoms in total. The molecule has 0 aliphatic rings. The van der Waals surface area contributed by atoms with E-state index in [1.807, 2.05) is 12.4 Å². The lowest BCUT2D eigenvalue weighted by molar-refractivity contribution is 0.0978. The minimum absolute atomic E-state index is 0.0683. The summed E-state index contributed by atoms with van der Waals surface area (Å²) in [6.07, 6.45) is 8.04. The van der Waals surface area contributed by atoms with Gasteiger partial charge >= 0.3 is 0 Å². The molecule has 0 aromatic carbocycles. The van der Waals surface area contributed by atoms with Crippen molar-refractivity contribution in [3.05, 3.63) is 0 Å². The minimum atomic E-state index is 0.0683. The van der Waals surface area contributed by atoms with E-state index >= 15 is 0 Å². The summed E-state index contributed by atoms with van der Waals surface area (Å²) in [5.74, 6) is 0. The van der Waals surface area contributed by atoms with Gasteiger partial charge in [-0.1, -0.05) is 0 Å². The molecule has 0 unspecified atom stereocenters. The van der Waals surface area contributed by atoms with E-state index in [-0.39, 0.29) is 13.2 Å². The summed E-state index contributed by atoms with van der Waals surface area (Å²) in [6.45, 7) is 3.38. The normalized spacial score (nSPS) is 11.9. The predicted octanol–water partition coefficient (Wildman–Crippen LogP) is 0.706. The fourth-order valence-corrected chi connectivity index (χ4v) is 1.40. The molecule has 0 fully saturated rings. The Kier molecular flexibility index (Phi) is 17.4. The van der Waals surface area contributed by atoms with Crippen LogP contribution in [0.3, 0.4) is 0 Å². The molecular weight excluding hydrogens is 260 g/mol. The number of unbranched alkanes of at least 4 members (excludes halogenated alkanes) is 3. The Labute approximate surface area is 121 Å². The topological polar surface area (TPSA) is 83.6 Å². The molecule has 0 amide bonds. The molecular formula is C14H28N2O4. The first-order valence-corrected chi connectivity index (χ1v) is 7.25. The molecule has 0 rings (SSSR count). The van der Waals surface area contributed by atoms with Gasteiger partial charge < -0.3 is 19.7 Å². The van der Waals surface area contributed by atoms with Crippen LogP contribution < -0.4 is 0 Å². The highest BCUT2D eigenvalue weighted by Gasteiger charge is 1.87. The number of hydrogen-bond acceptors (Lipinski definition) is 6. The van der Waals surface area contributed by atoms with Crippen LogP contribution >= 0.6 is 0 Å². The lowest BCUT2D eigenvalue weighted by Crippen LogP contribution is -2.03. The summed E-state index contributed by atoms with van der Waals surface area (Å²) in [7, 11) is 0. The number of aliphatic hydroxyl groups is 2. The highest BCUT2D eigenvalue weighted by atomic mass is 16.5. The highest BCUT2D eigenvalue weighted by Crippen LogP contribution is 1.96. The summed E-state index contributed by atoms with van der Waals surface area (Å²) in [5.41, 5.74) is 0. The number of aliphatic hydroxyl groups excluding tert-OH is 2. The first-order chi connectivity index (χ1) is 9.91. The molecule has 0 saturated heterocycles. The van der Waals surface area contributed by atoms with E-state index in [2.05, 4.69) is 9.98 Å². The van der Waals surface area contributed by atoms with Crippen LogP contribution in [-0.2, 0) is 9.47 Å². The summed E-state index contributed by atoms with van der Waals surface area (Å²) in [5, 5.41) is 17.0. The van der Waals surface area contributed by atoms with Crippen molar-refractivity contribution in [3.8, 4) is 0 Å². The number of nitrogens with zero attached hydrogens (tertiary/aromatic N) is 2. The average Bonchev–Trinajstić information content (AvgIpc) is 2.47. The van der Waals surface area contributed by atoms with E-state index in [1.165, 1.54) is 0 Å². The van der Waals surface area contributed by atoms with E-state index in [4.69, 9.17) is 19.7 Å². The fraction of sp³-hybridized carbons (Fsp3) is 0.857. The van der Waals surface area contributed by atoms with Gasteiger partial charge in [0.25, 0.3) is 0 Å². The maximum Gasteiger partial charge on any atom is 0.0698 e. The fourth-order valence-electron chi connectivity index (χ4n) is 1.40. The largest absolute Gasteiger partial charge is 0.394 e. The van der Waals surface area contributed by atoms with Crippen molar-refractivity contribution < 1.29 is 19.7 Å². The standard InChI is InChI=1S/C14H28N2O4/c17-9-13-19-11-7-15-5-3-1-2-4-6-16-8-12-20-14-10-18/h5-6,17-18H,1-4,7-14H2. The molecule has 0 aromatic rings. The van der Waals surface area contributed by atoms with Crippen molar-refractivity contribution in [3.63, 3.8) is 0 Å². The zero-order valence-corrected chi connectivity index (χ0v) is 12.2. The first kappa shape index (κ1) is 19.2. The molecule has 0 bridgehead atoms. The molecule has 0 aromatic heterocycles. The van der Waals surface area contributed by atoms with Crippen molar-refractivity contribution >= 4 is 12.4 Å². The summed E-state index contributed by atoms with van der Waals surface area (Å²) < 4.78 is 10.2. The molecule has 0 atom stereocenters. The summed E-state index contributed by atoms with van der Waals surface area (Å²) in [6, 6.07) is 0. The summed E-state index contributed by atoms with van der Waals surface area (Å²) in [4.78, 5) is 8.43. The van der Waals surface area contributed by atoms with Gasteiger partial charge in [-0.15, -0.1) is 0 Å². The molecule has 0 radical (unpaired) electrons. The lowest BCUT2D eigenvalue weighted by Gasteiger charge is -1.98. The van der Waals surface area contributed by atoms with E-state index in [0.717, 1.165) is 25.7 Å². The number of aliphatic imine (C=N–C) groups is 2. The summed E-state index contributed by atoms with van der Waals surface area (Å²) >= 11 is 0. The van der Waals surface area contributed by atoms with Crippen LogP contribution in [0, 0.1) is 0 Å². The zero-order valence-electron chi connectivity index (χ0n) is 12.2. The van der Waals surface area contributed by atoms with Crippen LogP contribution in [0.25, 0.3) is 0 Å². The van der Waals surface area contributed by atoms with Gasteiger partial charge in [-0.05, 0) is 38.1 Å². The Bertz CT molecular complexity index is 211. The van der Waals surface area contributed by atoms with E-state index in [9.17, 15) is 0 Å². The Morgan fingerprint density at radius 3 is 1.55 bits per heavy atom. The number of rotatable bonds is 15. The van der Waals surface area contributed by atoms with Gasteiger partial charge in [0, 0.05) is 0 Å². The van der Waals surface area contributed by atoms with Crippen LogP contribution in [-0.4, -0.2) is 75.4 Å². The first-order valence-electron chi connectivity index (χ1n) is 7.25. The number of ether oxygens (including phenoxy) is 2. The van der Waals surface area contributed by atoms with Gasteiger partial charge in [0.2, 0.25) is 0 Å². The second kappa shape index (κ2) is 18.2. The van der Waals surface area contributed by atoms with Crippen molar-refractivity contribution in [1.82, 2.24) is 0 Å². The van der Waals surface area contributed by atoms with Crippen molar-refractivity contribution in [2.75, 3.05) is 52.7 Å². The van der Waals surface area contributed by atoms with Crippen LogP contribution in [0.5, 0.6) is 0 Å². The maximum atomic E-state index is 8.49. The van der Waals surface area contributed by atoms with E-state index < -0.39 is 0 Å². The molecule has 0 saturated carbocycles. The molecule has 118 valence electrons. The molecule has 0 spiro atoms. The quantitative estimate of drug-likeness (QED) is 0.343. The van der Waals surface area contributed by atoms with Gasteiger partial charge in [-0.2, -0.15) is 0 Å². The van der Waals surface area contributed by atoms with E-state index in [1.54, 1.807) is 0 Å². The predicted molar refractivity (Wildman–Crippen MR) is 81.0 cm³/mol. The Hall–Kier alpha value is -0.820. The second-order valence-electron chi connectivity index (χ2n) is 4.13. The van der Waals surface area contributed by atoms with Crippen molar-refractivity contribution in [2.24, 2.45) is 9.98 Å². The highest BCUT2D eigenvalue weighted by molar-refractivity contribution is 5.58. The Morgan fingerprint density at radius 2 is 1.15 bits per heavy atom. The third-order valence-corrected chi connectivity index (χ3v) is 2.38. The van der Waals surface area contributed by atoms with Gasteiger partial charge in [-0.25, -0.2) is 0 Å². The number of hydrogen-bond donors (Lipinski definition) is 2. The molecule has 6 heteroatoms. The molecule has 0 aliphatic carbocycles. The third-order valence-electron chi connectivity index (χ3n) is 2.38. The monoisotopic (exact) mass is 288 g/mol. The van der Waals surface area contributed by atoms with Gasteiger partial charge in [0.15, 0.2) is 0 Å². The third kappa shape index (κ3) is 17.2. The Morgan fingerprint density at radius 1 is 0.700 bits per heavy atom. The maximum absolute atomic E-state index is 8.49. The second-order valence-corrected chi connectivity index (χ2v) is 4.13. The van der Waals surface area contributed by atoms with Crippen molar-refractivity contribution in [1.29, 1.82) is 0 Å². The van der Waals surface area contributed by atoms with E-state index in [0.29, 0.717) is 39.5 Å². The lowest BCUT2D eigenvalue weighted by atomic mass is 10.2. The molecule has 2 N–H and O–H groups in total. The SMILES string of the molecule is OCCOCCN=CCCCCC=NCCOCCO. The van der Waals surface area contributed by atoms with Gasteiger partial charge in [0.1, 0.15) is 0 Å². The molecule has 20 heavy (non-hydrogen) atoms.